The lowest BCUT2D eigenvalue weighted by Crippen LogP contribution is -2.42. The maximum absolute atomic E-state index is 13.4. The molecular formula is C21H27FN2O5S. The van der Waals surface area contributed by atoms with Gasteiger partial charge in [0.05, 0.1) is 32.3 Å². The molecule has 1 fully saturated rings. The van der Waals surface area contributed by atoms with Crippen molar-refractivity contribution in [3.8, 4) is 11.5 Å². The molecule has 0 amide bonds. The Bertz CT molecular complexity index is 931. The summed E-state index contributed by atoms with van der Waals surface area (Å²) >= 11 is 0. The minimum atomic E-state index is -3.85. The van der Waals surface area contributed by atoms with Crippen molar-refractivity contribution < 1.29 is 27.0 Å². The van der Waals surface area contributed by atoms with Crippen LogP contribution in [0.1, 0.15) is 5.56 Å². The molecule has 0 aliphatic carbocycles. The van der Waals surface area contributed by atoms with Gasteiger partial charge in [-0.1, -0.05) is 0 Å². The van der Waals surface area contributed by atoms with Crippen molar-refractivity contribution in [3.05, 3.63) is 53.8 Å². The van der Waals surface area contributed by atoms with Gasteiger partial charge in [0.15, 0.2) is 0 Å². The molecule has 7 nitrogen and oxygen atoms in total. The van der Waals surface area contributed by atoms with Crippen LogP contribution >= 0.6 is 0 Å². The van der Waals surface area contributed by atoms with E-state index in [1.54, 1.807) is 25.3 Å². The summed E-state index contributed by atoms with van der Waals surface area (Å²) in [4.78, 5) is 2.21. The Kier molecular flexibility index (Phi) is 7.65. The van der Waals surface area contributed by atoms with Crippen molar-refractivity contribution in [2.75, 3.05) is 53.6 Å². The normalized spacial score (nSPS) is 15.3. The number of halogens is 1. The number of morpholine rings is 1. The van der Waals surface area contributed by atoms with Gasteiger partial charge in [0.25, 0.3) is 0 Å². The van der Waals surface area contributed by atoms with Crippen LogP contribution < -0.4 is 9.47 Å². The molecule has 1 aliphatic rings. The summed E-state index contributed by atoms with van der Waals surface area (Å²) in [6, 6.07) is 10.2. The lowest BCUT2D eigenvalue weighted by Gasteiger charge is -2.30. The van der Waals surface area contributed by atoms with E-state index >= 15 is 0 Å². The lowest BCUT2D eigenvalue weighted by atomic mass is 10.2. The van der Waals surface area contributed by atoms with E-state index in [-0.39, 0.29) is 18.0 Å². The molecule has 1 aliphatic heterocycles. The molecule has 9 heteroatoms. The predicted molar refractivity (Wildman–Crippen MR) is 111 cm³/mol. The van der Waals surface area contributed by atoms with Gasteiger partial charge >= 0.3 is 0 Å². The van der Waals surface area contributed by atoms with Gasteiger partial charge in [-0.15, -0.1) is 0 Å². The molecule has 164 valence electrons. The molecule has 2 aromatic rings. The number of ether oxygens (including phenoxy) is 3. The van der Waals surface area contributed by atoms with Gasteiger partial charge in [-0.05, 0) is 42.5 Å². The molecule has 3 rings (SSSR count). The van der Waals surface area contributed by atoms with E-state index in [1.807, 2.05) is 0 Å². The molecule has 0 radical (unpaired) electrons. The van der Waals surface area contributed by atoms with Gasteiger partial charge in [-0.3, -0.25) is 4.90 Å². The fourth-order valence-corrected chi connectivity index (χ4v) is 4.72. The van der Waals surface area contributed by atoms with E-state index < -0.39 is 15.8 Å². The Morgan fingerprint density at radius 1 is 1.07 bits per heavy atom. The van der Waals surface area contributed by atoms with Crippen molar-refractivity contribution >= 4 is 10.0 Å². The highest BCUT2D eigenvalue weighted by Gasteiger charge is 2.27. The van der Waals surface area contributed by atoms with E-state index in [2.05, 4.69) is 4.90 Å². The number of methoxy groups -OCH3 is 2. The highest BCUT2D eigenvalue weighted by Crippen LogP contribution is 2.27. The van der Waals surface area contributed by atoms with Crippen molar-refractivity contribution in [2.45, 2.75) is 11.4 Å². The monoisotopic (exact) mass is 438 g/mol. The Morgan fingerprint density at radius 2 is 1.77 bits per heavy atom. The van der Waals surface area contributed by atoms with E-state index in [4.69, 9.17) is 14.2 Å². The fourth-order valence-electron chi connectivity index (χ4n) is 3.31. The second kappa shape index (κ2) is 10.2. The zero-order valence-electron chi connectivity index (χ0n) is 17.2. The highest BCUT2D eigenvalue weighted by atomic mass is 32.2. The van der Waals surface area contributed by atoms with E-state index in [1.165, 1.54) is 23.5 Å². The summed E-state index contributed by atoms with van der Waals surface area (Å²) in [7, 11) is -0.757. The van der Waals surface area contributed by atoms with Crippen LogP contribution in [0.3, 0.4) is 0 Å². The number of hydrogen-bond donors (Lipinski definition) is 0. The Balaban J connectivity index is 1.89. The number of hydrogen-bond acceptors (Lipinski definition) is 6. The first-order chi connectivity index (χ1) is 14.4. The summed E-state index contributed by atoms with van der Waals surface area (Å²) in [5, 5.41) is 0. The summed E-state index contributed by atoms with van der Waals surface area (Å²) in [6.07, 6.45) is 0. The first kappa shape index (κ1) is 22.5. The van der Waals surface area contributed by atoms with Crippen LogP contribution in [-0.2, 0) is 21.3 Å². The molecule has 30 heavy (non-hydrogen) atoms. The van der Waals surface area contributed by atoms with Crippen LogP contribution in [0, 0.1) is 5.82 Å². The zero-order valence-corrected chi connectivity index (χ0v) is 18.0. The molecular weight excluding hydrogens is 411 g/mol. The topological polar surface area (TPSA) is 68.3 Å². The van der Waals surface area contributed by atoms with Crippen LogP contribution in [0.4, 0.5) is 4.39 Å². The molecule has 0 aromatic heterocycles. The molecule has 2 aromatic carbocycles. The fraction of sp³-hybridized carbons (Fsp3) is 0.429. The number of rotatable bonds is 9. The maximum Gasteiger partial charge on any atom is 0.243 e. The van der Waals surface area contributed by atoms with Crippen LogP contribution in [-0.4, -0.2) is 71.2 Å². The molecule has 0 bridgehead atoms. The van der Waals surface area contributed by atoms with E-state index in [0.717, 1.165) is 25.2 Å². The summed E-state index contributed by atoms with van der Waals surface area (Å²) < 4.78 is 57.5. The van der Waals surface area contributed by atoms with Gasteiger partial charge in [-0.25, -0.2) is 12.8 Å². The smallest absolute Gasteiger partial charge is 0.243 e. The first-order valence-electron chi connectivity index (χ1n) is 9.71. The molecule has 0 atom stereocenters. The Hall–Kier alpha value is -2.20. The third-order valence-electron chi connectivity index (χ3n) is 5.06. The highest BCUT2D eigenvalue weighted by molar-refractivity contribution is 7.89. The largest absolute Gasteiger partial charge is 0.497 e. The number of nitrogens with zero attached hydrogens (tertiary/aromatic N) is 2. The van der Waals surface area contributed by atoms with Gasteiger partial charge < -0.3 is 14.2 Å². The standard InChI is InChI=1S/C21H27FN2O5S/c1-27-19-5-8-21(28-2)17(15-19)16-24(10-9-23-11-13-29-14-12-23)30(25,26)20-6-3-18(22)4-7-20/h3-8,15H,9-14,16H2,1-2H3. The number of sulfonamides is 1. The SMILES string of the molecule is COc1ccc(OC)c(CN(CCN2CCOCC2)S(=O)(=O)c2ccc(F)cc2)c1. The predicted octanol–water partition coefficient (Wildman–Crippen LogP) is 2.37. The van der Waals surface area contributed by atoms with Crippen LogP contribution in [0.25, 0.3) is 0 Å². The number of benzene rings is 2. The van der Waals surface area contributed by atoms with E-state index in [0.29, 0.717) is 36.8 Å². The second-order valence-corrected chi connectivity index (χ2v) is 8.86. The quantitative estimate of drug-likeness (QED) is 0.599. The molecule has 0 saturated carbocycles. The molecule has 1 heterocycles. The lowest BCUT2D eigenvalue weighted by molar-refractivity contribution is 0.0361. The molecule has 0 spiro atoms. The van der Waals surface area contributed by atoms with E-state index in [9.17, 15) is 12.8 Å². The van der Waals surface area contributed by atoms with Crippen molar-refractivity contribution in [2.24, 2.45) is 0 Å². The summed E-state index contributed by atoms with van der Waals surface area (Å²) in [6.45, 7) is 3.73. The van der Waals surface area contributed by atoms with Crippen molar-refractivity contribution in [3.63, 3.8) is 0 Å². The average Bonchev–Trinajstić information content (AvgIpc) is 2.77. The van der Waals surface area contributed by atoms with Gasteiger partial charge in [0.1, 0.15) is 17.3 Å². The zero-order chi connectivity index (χ0) is 21.6. The van der Waals surface area contributed by atoms with Gasteiger partial charge in [-0.2, -0.15) is 4.31 Å². The summed E-state index contributed by atoms with van der Waals surface area (Å²) in [5.74, 6) is 0.697. The minimum Gasteiger partial charge on any atom is -0.497 e. The first-order valence-corrected chi connectivity index (χ1v) is 11.1. The van der Waals surface area contributed by atoms with Crippen LogP contribution in [0.5, 0.6) is 11.5 Å². The van der Waals surface area contributed by atoms with Gasteiger partial charge in [0.2, 0.25) is 10.0 Å². The summed E-state index contributed by atoms with van der Waals surface area (Å²) in [5.41, 5.74) is 0.685. The third kappa shape index (κ3) is 5.48. The third-order valence-corrected chi connectivity index (χ3v) is 6.91. The second-order valence-electron chi connectivity index (χ2n) is 6.92. The van der Waals surface area contributed by atoms with Crippen molar-refractivity contribution in [1.82, 2.24) is 9.21 Å². The average molecular weight is 439 g/mol. The Morgan fingerprint density at radius 3 is 2.40 bits per heavy atom. The molecule has 0 N–H and O–H groups in total. The van der Waals surface area contributed by atoms with Crippen LogP contribution in [0.15, 0.2) is 47.4 Å². The molecule has 0 unspecified atom stereocenters. The maximum atomic E-state index is 13.4. The van der Waals surface area contributed by atoms with Crippen molar-refractivity contribution in [1.29, 1.82) is 0 Å². The van der Waals surface area contributed by atoms with Gasteiger partial charge in [0, 0.05) is 38.3 Å². The van der Waals surface area contributed by atoms with Crippen LogP contribution in [0.2, 0.25) is 0 Å². The Labute approximate surface area is 177 Å². The minimum absolute atomic E-state index is 0.0488. The molecule has 1 saturated heterocycles.